The van der Waals surface area contributed by atoms with Crippen LogP contribution in [-0.4, -0.2) is 13.7 Å². The van der Waals surface area contributed by atoms with Crippen LogP contribution in [0.15, 0.2) is 16.7 Å². The van der Waals surface area contributed by atoms with E-state index < -0.39 is 0 Å². The zero-order valence-electron chi connectivity index (χ0n) is 8.75. The molecule has 0 saturated heterocycles. The number of nitrogens with two attached hydrogens (primary N) is 1. The van der Waals surface area contributed by atoms with Gasteiger partial charge in [-0.05, 0) is 25.8 Å². The number of aryl methyl sites for hydroxylation is 1. The Hall–Kier alpha value is -0.840. The molecular weight excluding hydrogens is 180 g/mol. The molecule has 0 aromatic carbocycles. The smallest absolute Gasteiger partial charge is 0.105 e. The molecule has 1 rings (SSSR count). The molecule has 0 aliphatic carbocycles. The number of rotatable bonds is 6. The van der Waals surface area contributed by atoms with E-state index in [-0.39, 0.29) is 6.04 Å². The number of methoxy groups -OCH3 is 1. The predicted molar refractivity (Wildman–Crippen MR) is 54.6 cm³/mol. The van der Waals surface area contributed by atoms with Crippen LogP contribution >= 0.6 is 0 Å². The molecule has 14 heavy (non-hydrogen) atoms. The minimum Gasteiger partial charge on any atom is -0.469 e. The third kappa shape index (κ3) is 2.83. The van der Waals surface area contributed by atoms with E-state index in [2.05, 4.69) is 5.43 Å². The number of hydrazine groups is 1. The number of nitrogens with one attached hydrogen (secondary N) is 1. The molecule has 0 fully saturated rings. The fraction of sp³-hybridized carbons (Fsp3) is 0.600. The molecule has 0 bridgehead atoms. The van der Waals surface area contributed by atoms with Gasteiger partial charge < -0.3 is 9.15 Å². The summed E-state index contributed by atoms with van der Waals surface area (Å²) in [5.74, 6) is 6.40. The summed E-state index contributed by atoms with van der Waals surface area (Å²) in [5, 5.41) is 0. The van der Waals surface area contributed by atoms with Gasteiger partial charge in [0.05, 0.1) is 6.26 Å². The summed E-state index contributed by atoms with van der Waals surface area (Å²) in [5.41, 5.74) is 3.92. The fourth-order valence-electron chi connectivity index (χ4n) is 1.52. The molecule has 0 amide bonds. The first kappa shape index (κ1) is 11.2. The van der Waals surface area contributed by atoms with Crippen molar-refractivity contribution in [3.05, 3.63) is 23.7 Å². The highest BCUT2D eigenvalue weighted by Crippen LogP contribution is 2.21. The second-order valence-corrected chi connectivity index (χ2v) is 3.29. The van der Waals surface area contributed by atoms with Gasteiger partial charge in [-0.1, -0.05) is 0 Å². The maximum Gasteiger partial charge on any atom is 0.105 e. The summed E-state index contributed by atoms with van der Waals surface area (Å²) < 4.78 is 10.2. The third-order valence-electron chi connectivity index (χ3n) is 2.32. The molecule has 1 aromatic rings. The maximum absolute atomic E-state index is 5.48. The Morgan fingerprint density at radius 1 is 1.64 bits per heavy atom. The van der Waals surface area contributed by atoms with Crippen molar-refractivity contribution in [3.63, 3.8) is 0 Å². The zero-order valence-corrected chi connectivity index (χ0v) is 8.75. The molecule has 4 nitrogen and oxygen atoms in total. The standard InChI is InChI=1S/C10H18N2O2/c1-8-9(5-7-14-8)10(12-11)4-3-6-13-2/h5,7,10,12H,3-4,6,11H2,1-2H3. The topological polar surface area (TPSA) is 60.4 Å². The fourth-order valence-corrected chi connectivity index (χ4v) is 1.52. The molecule has 3 N–H and O–H groups in total. The Bertz CT molecular complexity index is 260. The van der Waals surface area contributed by atoms with E-state index in [4.69, 9.17) is 15.0 Å². The normalized spacial score (nSPS) is 13.1. The van der Waals surface area contributed by atoms with Crippen molar-refractivity contribution in [1.29, 1.82) is 0 Å². The van der Waals surface area contributed by atoms with Crippen molar-refractivity contribution in [3.8, 4) is 0 Å². The van der Waals surface area contributed by atoms with Gasteiger partial charge in [0.15, 0.2) is 0 Å². The average molecular weight is 198 g/mol. The SMILES string of the molecule is COCCCC(NN)c1ccoc1C. The summed E-state index contributed by atoms with van der Waals surface area (Å²) in [6.45, 7) is 2.70. The summed E-state index contributed by atoms with van der Waals surface area (Å²) in [6, 6.07) is 2.11. The van der Waals surface area contributed by atoms with Crippen molar-refractivity contribution >= 4 is 0 Å². The molecule has 1 heterocycles. The van der Waals surface area contributed by atoms with Crippen LogP contribution < -0.4 is 11.3 Å². The lowest BCUT2D eigenvalue weighted by Crippen LogP contribution is -2.28. The second kappa shape index (κ2) is 5.80. The van der Waals surface area contributed by atoms with Crippen LogP contribution in [0.2, 0.25) is 0 Å². The van der Waals surface area contributed by atoms with Crippen LogP contribution in [0.3, 0.4) is 0 Å². The number of hydrogen-bond donors (Lipinski definition) is 2. The highest BCUT2D eigenvalue weighted by atomic mass is 16.5. The van der Waals surface area contributed by atoms with Crippen LogP contribution in [0.1, 0.15) is 30.2 Å². The van der Waals surface area contributed by atoms with Gasteiger partial charge in [0.2, 0.25) is 0 Å². The van der Waals surface area contributed by atoms with Crippen molar-refractivity contribution in [2.45, 2.75) is 25.8 Å². The first-order chi connectivity index (χ1) is 6.79. The Kier molecular flexibility index (Phi) is 4.65. The Labute approximate surface area is 84.4 Å². The molecule has 0 aliphatic rings. The molecule has 4 heteroatoms. The molecule has 0 aliphatic heterocycles. The molecule has 1 unspecified atom stereocenters. The first-order valence-corrected chi connectivity index (χ1v) is 4.78. The van der Waals surface area contributed by atoms with E-state index in [0.29, 0.717) is 0 Å². The average Bonchev–Trinajstić information content (AvgIpc) is 2.60. The minimum absolute atomic E-state index is 0.156. The lowest BCUT2D eigenvalue weighted by Gasteiger charge is -2.14. The molecule has 0 radical (unpaired) electrons. The highest BCUT2D eigenvalue weighted by molar-refractivity contribution is 5.19. The molecule has 0 saturated carbocycles. The van der Waals surface area contributed by atoms with Gasteiger partial charge in [0, 0.05) is 25.3 Å². The molecule has 80 valence electrons. The highest BCUT2D eigenvalue weighted by Gasteiger charge is 2.13. The largest absolute Gasteiger partial charge is 0.469 e. The van der Waals surface area contributed by atoms with Gasteiger partial charge in [-0.3, -0.25) is 11.3 Å². The Morgan fingerprint density at radius 2 is 2.43 bits per heavy atom. The molecule has 0 spiro atoms. The summed E-state index contributed by atoms with van der Waals surface area (Å²) in [6.07, 6.45) is 3.62. The van der Waals surface area contributed by atoms with Gasteiger partial charge in [-0.15, -0.1) is 0 Å². The number of hydrogen-bond acceptors (Lipinski definition) is 4. The van der Waals surface area contributed by atoms with Gasteiger partial charge in [-0.25, -0.2) is 0 Å². The van der Waals surface area contributed by atoms with Crippen LogP contribution in [0.5, 0.6) is 0 Å². The number of furan rings is 1. The van der Waals surface area contributed by atoms with Crippen LogP contribution in [0, 0.1) is 6.92 Å². The van der Waals surface area contributed by atoms with E-state index in [1.54, 1.807) is 13.4 Å². The van der Waals surface area contributed by atoms with Crippen LogP contribution in [0.25, 0.3) is 0 Å². The summed E-state index contributed by atoms with van der Waals surface area (Å²) >= 11 is 0. The molecule has 1 atom stereocenters. The quantitative estimate of drug-likeness (QED) is 0.413. The zero-order chi connectivity index (χ0) is 10.4. The van der Waals surface area contributed by atoms with Crippen molar-refractivity contribution in [2.24, 2.45) is 5.84 Å². The lowest BCUT2D eigenvalue weighted by molar-refractivity contribution is 0.188. The van der Waals surface area contributed by atoms with E-state index in [1.165, 1.54) is 0 Å². The Balaban J connectivity index is 2.50. The Morgan fingerprint density at radius 3 is 2.93 bits per heavy atom. The first-order valence-electron chi connectivity index (χ1n) is 4.78. The second-order valence-electron chi connectivity index (χ2n) is 3.29. The van der Waals surface area contributed by atoms with E-state index in [0.717, 1.165) is 30.8 Å². The predicted octanol–water partition coefficient (Wildman–Crippen LogP) is 1.52. The van der Waals surface area contributed by atoms with Crippen LogP contribution in [0.4, 0.5) is 0 Å². The summed E-state index contributed by atoms with van der Waals surface area (Å²) in [7, 11) is 1.70. The summed E-state index contributed by atoms with van der Waals surface area (Å²) in [4.78, 5) is 0. The van der Waals surface area contributed by atoms with Gasteiger partial charge >= 0.3 is 0 Å². The van der Waals surface area contributed by atoms with Crippen molar-refractivity contribution < 1.29 is 9.15 Å². The van der Waals surface area contributed by atoms with E-state index >= 15 is 0 Å². The van der Waals surface area contributed by atoms with Gasteiger partial charge in [0.25, 0.3) is 0 Å². The third-order valence-corrected chi connectivity index (χ3v) is 2.32. The minimum atomic E-state index is 0.156. The van der Waals surface area contributed by atoms with E-state index in [1.807, 2.05) is 13.0 Å². The lowest BCUT2D eigenvalue weighted by atomic mass is 10.0. The van der Waals surface area contributed by atoms with E-state index in [9.17, 15) is 0 Å². The monoisotopic (exact) mass is 198 g/mol. The van der Waals surface area contributed by atoms with Gasteiger partial charge in [-0.2, -0.15) is 0 Å². The van der Waals surface area contributed by atoms with Crippen LogP contribution in [-0.2, 0) is 4.74 Å². The van der Waals surface area contributed by atoms with Crippen molar-refractivity contribution in [1.82, 2.24) is 5.43 Å². The van der Waals surface area contributed by atoms with Crippen molar-refractivity contribution in [2.75, 3.05) is 13.7 Å². The van der Waals surface area contributed by atoms with Gasteiger partial charge in [0.1, 0.15) is 5.76 Å². The molecular formula is C10H18N2O2. The maximum atomic E-state index is 5.48. The number of ether oxygens (including phenoxy) is 1. The molecule has 1 aromatic heterocycles.